The zero-order valence-electron chi connectivity index (χ0n) is 12.8. The lowest BCUT2D eigenvalue weighted by Crippen LogP contribution is -2.41. The van der Waals surface area contributed by atoms with Crippen LogP contribution in [0.4, 0.5) is 4.79 Å². The van der Waals surface area contributed by atoms with E-state index in [9.17, 15) is 14.4 Å². The topological polar surface area (TPSA) is 89.4 Å². The van der Waals surface area contributed by atoms with E-state index in [0.717, 1.165) is 0 Å². The van der Waals surface area contributed by atoms with Crippen LogP contribution in [-0.4, -0.2) is 29.5 Å². The zero-order chi connectivity index (χ0) is 16.8. The molecular weight excluding hydrogens is 298 g/mol. The minimum absolute atomic E-state index is 0.304. The number of esters is 1. The average Bonchev–Trinajstić information content (AvgIpc) is 2.99. The Hall–Kier alpha value is -3.09. The number of aromatic nitrogens is 1. The van der Waals surface area contributed by atoms with E-state index in [-0.39, 0.29) is 0 Å². The van der Waals surface area contributed by atoms with Gasteiger partial charge < -0.3 is 14.6 Å². The Labute approximate surface area is 133 Å². The summed E-state index contributed by atoms with van der Waals surface area (Å²) in [7, 11) is 3.08. The largest absolute Gasteiger partial charge is 0.443 e. The molecule has 1 aromatic carbocycles. The van der Waals surface area contributed by atoms with E-state index in [2.05, 4.69) is 10.6 Å². The molecule has 0 radical (unpaired) electrons. The molecule has 120 valence electrons. The molecule has 1 aromatic heterocycles. The Morgan fingerprint density at radius 1 is 1.09 bits per heavy atom. The van der Waals surface area contributed by atoms with E-state index in [1.165, 1.54) is 7.05 Å². The van der Waals surface area contributed by atoms with Crippen molar-refractivity contribution in [2.24, 2.45) is 7.05 Å². The molecule has 7 nitrogen and oxygen atoms in total. The number of imide groups is 1. The fourth-order valence-corrected chi connectivity index (χ4v) is 1.98. The standard InChI is InChI=1S/C16H17N3O4/c1-17-16(22)18-14(20)13(11-7-4-3-5-8-11)23-15(21)12-9-6-10-19(12)2/h3-10,13H,1-2H3,(H2,17,18,20,22). The molecule has 2 aromatic rings. The molecule has 0 saturated heterocycles. The molecule has 0 aliphatic heterocycles. The van der Waals surface area contributed by atoms with E-state index >= 15 is 0 Å². The van der Waals surface area contributed by atoms with Gasteiger partial charge in [-0.3, -0.25) is 10.1 Å². The Morgan fingerprint density at radius 3 is 2.35 bits per heavy atom. The van der Waals surface area contributed by atoms with Gasteiger partial charge in [0.1, 0.15) is 5.69 Å². The third kappa shape index (κ3) is 3.97. The SMILES string of the molecule is CNC(=O)NC(=O)C(OC(=O)c1cccn1C)c1ccccc1. The van der Waals surface area contributed by atoms with Crippen molar-refractivity contribution in [3.63, 3.8) is 0 Å². The predicted octanol–water partition coefficient (Wildman–Crippen LogP) is 1.38. The van der Waals surface area contributed by atoms with Crippen molar-refractivity contribution in [2.45, 2.75) is 6.10 Å². The fraction of sp³-hybridized carbons (Fsp3) is 0.188. The quantitative estimate of drug-likeness (QED) is 0.834. The lowest BCUT2D eigenvalue weighted by molar-refractivity contribution is -0.129. The van der Waals surface area contributed by atoms with Crippen LogP contribution in [0.15, 0.2) is 48.7 Å². The van der Waals surface area contributed by atoms with Crippen molar-refractivity contribution in [3.8, 4) is 0 Å². The van der Waals surface area contributed by atoms with Crippen LogP contribution >= 0.6 is 0 Å². The maximum Gasteiger partial charge on any atom is 0.356 e. The number of carbonyl (C=O) groups is 3. The molecule has 2 rings (SSSR count). The monoisotopic (exact) mass is 315 g/mol. The molecular formula is C16H17N3O4. The summed E-state index contributed by atoms with van der Waals surface area (Å²) in [4.78, 5) is 35.8. The van der Waals surface area contributed by atoms with Crippen molar-refractivity contribution >= 4 is 17.9 Å². The minimum atomic E-state index is -1.23. The van der Waals surface area contributed by atoms with Crippen LogP contribution in [-0.2, 0) is 16.6 Å². The second kappa shape index (κ2) is 7.26. The summed E-state index contributed by atoms with van der Waals surface area (Å²) < 4.78 is 6.90. The number of nitrogens with zero attached hydrogens (tertiary/aromatic N) is 1. The van der Waals surface area contributed by atoms with Gasteiger partial charge in [0.2, 0.25) is 6.10 Å². The van der Waals surface area contributed by atoms with Gasteiger partial charge in [0.05, 0.1) is 0 Å². The van der Waals surface area contributed by atoms with Crippen LogP contribution in [0, 0.1) is 0 Å². The van der Waals surface area contributed by atoms with Gasteiger partial charge in [0.25, 0.3) is 5.91 Å². The number of benzene rings is 1. The molecule has 0 saturated carbocycles. The smallest absolute Gasteiger partial charge is 0.356 e. The molecule has 0 fully saturated rings. The molecule has 1 heterocycles. The number of amides is 3. The van der Waals surface area contributed by atoms with Crippen LogP contribution in [0.25, 0.3) is 0 Å². The van der Waals surface area contributed by atoms with E-state index in [4.69, 9.17) is 4.74 Å². The number of ether oxygens (including phenoxy) is 1. The molecule has 1 unspecified atom stereocenters. The first-order chi connectivity index (χ1) is 11.0. The van der Waals surface area contributed by atoms with E-state index in [1.54, 1.807) is 60.3 Å². The van der Waals surface area contributed by atoms with Crippen molar-refractivity contribution in [3.05, 3.63) is 59.9 Å². The van der Waals surface area contributed by atoms with Crippen LogP contribution in [0.3, 0.4) is 0 Å². The number of nitrogens with one attached hydrogen (secondary N) is 2. The number of hydrogen-bond donors (Lipinski definition) is 2. The number of urea groups is 1. The van der Waals surface area contributed by atoms with E-state index < -0.39 is 24.0 Å². The molecule has 23 heavy (non-hydrogen) atoms. The summed E-state index contributed by atoms with van der Waals surface area (Å²) in [5.74, 6) is -1.38. The normalized spacial score (nSPS) is 11.4. The summed E-state index contributed by atoms with van der Waals surface area (Å²) in [5.41, 5.74) is 0.773. The average molecular weight is 315 g/mol. The van der Waals surface area contributed by atoms with Gasteiger partial charge in [-0.2, -0.15) is 0 Å². The molecule has 0 aliphatic carbocycles. The molecule has 7 heteroatoms. The first-order valence-corrected chi connectivity index (χ1v) is 6.92. The third-order valence-electron chi connectivity index (χ3n) is 3.18. The lowest BCUT2D eigenvalue weighted by atomic mass is 10.1. The maximum absolute atomic E-state index is 12.2. The first kappa shape index (κ1) is 16.3. The summed E-state index contributed by atoms with van der Waals surface area (Å²) >= 11 is 0. The second-order valence-corrected chi connectivity index (χ2v) is 4.77. The molecule has 1 atom stereocenters. The van der Waals surface area contributed by atoms with Crippen molar-refractivity contribution in [1.82, 2.24) is 15.2 Å². The summed E-state index contributed by atoms with van der Waals surface area (Å²) in [6.07, 6.45) is 0.467. The molecule has 2 N–H and O–H groups in total. The van der Waals surface area contributed by atoms with Gasteiger partial charge in [0.15, 0.2) is 0 Å². The van der Waals surface area contributed by atoms with Gasteiger partial charge in [-0.1, -0.05) is 30.3 Å². The number of aryl methyl sites for hydroxylation is 1. The van der Waals surface area contributed by atoms with Crippen molar-refractivity contribution < 1.29 is 19.1 Å². The zero-order valence-corrected chi connectivity index (χ0v) is 12.8. The Balaban J connectivity index is 2.23. The fourth-order valence-electron chi connectivity index (χ4n) is 1.98. The summed E-state index contributed by atoms with van der Waals surface area (Å²) in [6.45, 7) is 0. The van der Waals surface area contributed by atoms with Gasteiger partial charge in [0, 0.05) is 25.9 Å². The van der Waals surface area contributed by atoms with Crippen LogP contribution in [0.2, 0.25) is 0 Å². The van der Waals surface area contributed by atoms with Crippen LogP contribution in [0.5, 0.6) is 0 Å². The van der Waals surface area contributed by atoms with Crippen LogP contribution < -0.4 is 10.6 Å². The van der Waals surface area contributed by atoms with E-state index in [0.29, 0.717) is 11.3 Å². The van der Waals surface area contributed by atoms with Gasteiger partial charge in [-0.05, 0) is 12.1 Å². The van der Waals surface area contributed by atoms with Crippen molar-refractivity contribution in [2.75, 3.05) is 7.05 Å². The second-order valence-electron chi connectivity index (χ2n) is 4.77. The molecule has 0 bridgehead atoms. The Morgan fingerprint density at radius 2 is 1.78 bits per heavy atom. The minimum Gasteiger partial charge on any atom is -0.443 e. The maximum atomic E-state index is 12.2. The first-order valence-electron chi connectivity index (χ1n) is 6.92. The molecule has 3 amide bonds. The lowest BCUT2D eigenvalue weighted by Gasteiger charge is -2.17. The highest BCUT2D eigenvalue weighted by molar-refractivity contribution is 5.98. The Kier molecular flexibility index (Phi) is 5.14. The highest BCUT2D eigenvalue weighted by Gasteiger charge is 2.27. The Bertz CT molecular complexity index is 709. The highest BCUT2D eigenvalue weighted by Crippen LogP contribution is 2.19. The molecule has 0 aliphatic rings. The molecule has 0 spiro atoms. The van der Waals surface area contributed by atoms with Crippen LogP contribution in [0.1, 0.15) is 22.2 Å². The predicted molar refractivity (Wildman–Crippen MR) is 82.6 cm³/mol. The number of carbonyl (C=O) groups excluding carboxylic acids is 3. The van der Waals surface area contributed by atoms with E-state index in [1.807, 2.05) is 0 Å². The van der Waals surface area contributed by atoms with Crippen molar-refractivity contribution in [1.29, 1.82) is 0 Å². The van der Waals surface area contributed by atoms with Gasteiger partial charge >= 0.3 is 12.0 Å². The van der Waals surface area contributed by atoms with Gasteiger partial charge in [-0.15, -0.1) is 0 Å². The summed E-state index contributed by atoms with van der Waals surface area (Å²) in [6, 6.07) is 11.1. The summed E-state index contributed by atoms with van der Waals surface area (Å²) in [5, 5.41) is 4.40. The number of rotatable bonds is 4. The third-order valence-corrected chi connectivity index (χ3v) is 3.18. The number of hydrogen-bond acceptors (Lipinski definition) is 4. The van der Waals surface area contributed by atoms with Gasteiger partial charge in [-0.25, -0.2) is 9.59 Å². The highest BCUT2D eigenvalue weighted by atomic mass is 16.5.